The van der Waals surface area contributed by atoms with Crippen LogP contribution >= 0.6 is 0 Å². The highest BCUT2D eigenvalue weighted by Gasteiger charge is 2.28. The van der Waals surface area contributed by atoms with E-state index >= 15 is 0 Å². The second-order valence-electron chi connectivity index (χ2n) is 5.74. The first-order valence-electron chi connectivity index (χ1n) is 7.60. The second-order valence-corrected chi connectivity index (χ2v) is 7.33. The van der Waals surface area contributed by atoms with E-state index in [1.54, 1.807) is 24.3 Å². The average Bonchev–Trinajstić information content (AvgIpc) is 2.54. The molecule has 0 unspecified atom stereocenters. The highest BCUT2D eigenvalue weighted by molar-refractivity contribution is 7.94. The molecule has 1 aliphatic heterocycles. The Morgan fingerprint density at radius 3 is 2.57 bits per heavy atom. The van der Waals surface area contributed by atoms with Crippen molar-refractivity contribution in [1.29, 1.82) is 0 Å². The van der Waals surface area contributed by atoms with Crippen molar-refractivity contribution in [1.82, 2.24) is 0 Å². The van der Waals surface area contributed by atoms with Crippen LogP contribution in [0.4, 0.5) is 11.4 Å². The van der Waals surface area contributed by atoms with Gasteiger partial charge in [0, 0.05) is 0 Å². The minimum Gasteiger partial charge on any atom is -0.489 e. The maximum atomic E-state index is 12.9. The number of anilines is 2. The number of nitrogens with zero attached hydrogens (tertiary/aromatic N) is 1. The van der Waals surface area contributed by atoms with Crippen LogP contribution in [0.25, 0.3) is 0 Å². The lowest BCUT2D eigenvalue weighted by molar-refractivity contribution is 0.316. The number of ether oxygens (including phenoxy) is 1. The van der Waals surface area contributed by atoms with Gasteiger partial charge in [0.25, 0.3) is 0 Å². The standard InChI is InChI=1S/C17H20N2O3S/c1-13(2)14-7-3-4-8-15(14)18-23(20,21)19-11-12-22-17-10-6-5-9-16(17)19/h3-10,13,18H,11-12H2,1-2H3. The first-order valence-corrected chi connectivity index (χ1v) is 9.04. The fourth-order valence-electron chi connectivity index (χ4n) is 2.68. The van der Waals surface area contributed by atoms with Crippen LogP contribution in [0.2, 0.25) is 0 Å². The van der Waals surface area contributed by atoms with E-state index in [4.69, 9.17) is 4.74 Å². The number of hydrogen-bond acceptors (Lipinski definition) is 3. The molecule has 0 fully saturated rings. The Labute approximate surface area is 137 Å². The summed E-state index contributed by atoms with van der Waals surface area (Å²) in [6.07, 6.45) is 0. The van der Waals surface area contributed by atoms with Crippen LogP contribution in [0, 0.1) is 0 Å². The molecule has 122 valence electrons. The highest BCUT2D eigenvalue weighted by Crippen LogP contribution is 2.34. The molecule has 0 atom stereocenters. The molecule has 3 rings (SSSR count). The van der Waals surface area contributed by atoms with Crippen molar-refractivity contribution >= 4 is 21.6 Å². The molecule has 1 aliphatic rings. The van der Waals surface area contributed by atoms with Gasteiger partial charge in [-0.05, 0) is 29.7 Å². The van der Waals surface area contributed by atoms with Crippen molar-refractivity contribution in [2.24, 2.45) is 0 Å². The van der Waals surface area contributed by atoms with Gasteiger partial charge in [0.1, 0.15) is 12.4 Å². The van der Waals surface area contributed by atoms with Crippen molar-refractivity contribution in [3.63, 3.8) is 0 Å². The van der Waals surface area contributed by atoms with Gasteiger partial charge < -0.3 is 4.74 Å². The molecule has 0 saturated heterocycles. The van der Waals surface area contributed by atoms with Gasteiger partial charge in [-0.3, -0.25) is 4.72 Å². The lowest BCUT2D eigenvalue weighted by atomic mass is 10.0. The fraction of sp³-hybridized carbons (Fsp3) is 0.294. The number of rotatable bonds is 4. The van der Waals surface area contributed by atoms with E-state index in [1.165, 1.54) is 4.31 Å². The number of hydrogen-bond donors (Lipinski definition) is 1. The normalized spacial score (nSPS) is 14.3. The van der Waals surface area contributed by atoms with Crippen LogP contribution in [0.1, 0.15) is 25.3 Å². The van der Waals surface area contributed by atoms with E-state index in [0.717, 1.165) is 5.56 Å². The van der Waals surface area contributed by atoms with Gasteiger partial charge in [-0.25, -0.2) is 4.31 Å². The predicted octanol–water partition coefficient (Wildman–Crippen LogP) is 3.37. The summed E-state index contributed by atoms with van der Waals surface area (Å²) in [6.45, 7) is 4.70. The first kappa shape index (κ1) is 15.7. The summed E-state index contributed by atoms with van der Waals surface area (Å²) < 4.78 is 35.3. The quantitative estimate of drug-likeness (QED) is 0.934. The molecular formula is C17H20N2O3S. The molecule has 1 heterocycles. The van der Waals surface area contributed by atoms with E-state index < -0.39 is 10.2 Å². The van der Waals surface area contributed by atoms with Crippen LogP contribution in [0.5, 0.6) is 5.75 Å². The van der Waals surface area contributed by atoms with Crippen molar-refractivity contribution < 1.29 is 13.2 Å². The molecule has 0 aliphatic carbocycles. The summed E-state index contributed by atoms with van der Waals surface area (Å²) in [5.41, 5.74) is 2.15. The van der Waals surface area contributed by atoms with Crippen LogP contribution in [-0.2, 0) is 10.2 Å². The summed E-state index contributed by atoms with van der Waals surface area (Å²) in [5.74, 6) is 0.812. The Hall–Kier alpha value is -2.21. The topological polar surface area (TPSA) is 58.6 Å². The van der Waals surface area contributed by atoms with Gasteiger partial charge in [-0.2, -0.15) is 8.42 Å². The smallest absolute Gasteiger partial charge is 0.324 e. The lowest BCUT2D eigenvalue weighted by Crippen LogP contribution is -2.41. The Kier molecular flexibility index (Phi) is 4.17. The van der Waals surface area contributed by atoms with Crippen LogP contribution < -0.4 is 13.8 Å². The van der Waals surface area contributed by atoms with Gasteiger partial charge in [-0.15, -0.1) is 0 Å². The van der Waals surface area contributed by atoms with Crippen LogP contribution in [-0.4, -0.2) is 21.6 Å². The van der Waals surface area contributed by atoms with E-state index in [2.05, 4.69) is 4.72 Å². The zero-order valence-electron chi connectivity index (χ0n) is 13.2. The molecule has 5 nitrogen and oxygen atoms in total. The molecule has 1 N–H and O–H groups in total. The van der Waals surface area contributed by atoms with Gasteiger partial charge in [0.15, 0.2) is 0 Å². The second kappa shape index (κ2) is 6.12. The molecule has 0 amide bonds. The van der Waals surface area contributed by atoms with Gasteiger partial charge >= 0.3 is 10.2 Å². The van der Waals surface area contributed by atoms with E-state index in [0.29, 0.717) is 23.7 Å². The predicted molar refractivity (Wildman–Crippen MR) is 92.4 cm³/mol. The zero-order valence-corrected chi connectivity index (χ0v) is 14.0. The van der Waals surface area contributed by atoms with Crippen molar-refractivity contribution in [2.45, 2.75) is 19.8 Å². The summed E-state index contributed by atoms with van der Waals surface area (Å²) >= 11 is 0. The summed E-state index contributed by atoms with van der Waals surface area (Å²) in [4.78, 5) is 0. The SMILES string of the molecule is CC(C)c1ccccc1NS(=O)(=O)N1CCOc2ccccc21. The Morgan fingerprint density at radius 2 is 1.78 bits per heavy atom. The monoisotopic (exact) mass is 332 g/mol. The molecule has 0 bridgehead atoms. The molecule has 0 aromatic heterocycles. The average molecular weight is 332 g/mol. The third kappa shape index (κ3) is 3.12. The third-order valence-corrected chi connectivity index (χ3v) is 5.24. The van der Waals surface area contributed by atoms with Crippen LogP contribution in [0.15, 0.2) is 48.5 Å². The molecule has 6 heteroatoms. The Bertz CT molecular complexity index is 803. The van der Waals surface area contributed by atoms with Crippen molar-refractivity contribution in [3.05, 3.63) is 54.1 Å². The molecule has 0 spiro atoms. The summed E-state index contributed by atoms with van der Waals surface area (Å²) in [6, 6.07) is 14.6. The Morgan fingerprint density at radius 1 is 1.09 bits per heavy atom. The van der Waals surface area contributed by atoms with E-state index in [1.807, 2.05) is 38.1 Å². The summed E-state index contributed by atoms with van der Waals surface area (Å²) in [7, 11) is -3.70. The molecule has 2 aromatic carbocycles. The minimum absolute atomic E-state index is 0.228. The maximum absolute atomic E-state index is 12.9. The number of fused-ring (bicyclic) bond motifs is 1. The number of para-hydroxylation sites is 3. The maximum Gasteiger partial charge on any atom is 0.324 e. The number of benzene rings is 2. The molecule has 0 radical (unpaired) electrons. The largest absolute Gasteiger partial charge is 0.489 e. The Balaban J connectivity index is 1.95. The van der Waals surface area contributed by atoms with Crippen molar-refractivity contribution in [2.75, 3.05) is 22.2 Å². The van der Waals surface area contributed by atoms with Gasteiger partial charge in [0.05, 0.1) is 17.9 Å². The molecule has 0 saturated carbocycles. The minimum atomic E-state index is -3.70. The molecular weight excluding hydrogens is 312 g/mol. The highest BCUT2D eigenvalue weighted by atomic mass is 32.2. The van der Waals surface area contributed by atoms with E-state index in [-0.39, 0.29) is 12.5 Å². The van der Waals surface area contributed by atoms with E-state index in [9.17, 15) is 8.42 Å². The molecule has 2 aromatic rings. The zero-order chi connectivity index (χ0) is 16.4. The summed E-state index contributed by atoms with van der Waals surface area (Å²) in [5, 5.41) is 0. The van der Waals surface area contributed by atoms with Gasteiger partial charge in [-0.1, -0.05) is 44.2 Å². The van der Waals surface area contributed by atoms with Crippen molar-refractivity contribution in [3.8, 4) is 5.75 Å². The first-order chi connectivity index (χ1) is 11.0. The molecule has 23 heavy (non-hydrogen) atoms. The lowest BCUT2D eigenvalue weighted by Gasteiger charge is -2.30. The third-order valence-electron chi connectivity index (χ3n) is 3.80. The fourth-order valence-corrected chi connectivity index (χ4v) is 3.98. The number of nitrogens with one attached hydrogen (secondary N) is 1. The van der Waals surface area contributed by atoms with Gasteiger partial charge in [0.2, 0.25) is 0 Å². The van der Waals surface area contributed by atoms with Crippen LogP contribution in [0.3, 0.4) is 0 Å².